The van der Waals surface area contributed by atoms with Crippen molar-refractivity contribution < 1.29 is 14.7 Å². The Morgan fingerprint density at radius 1 is 1.31 bits per heavy atom. The molecule has 0 saturated carbocycles. The zero-order valence-electron chi connectivity index (χ0n) is 8.93. The Labute approximate surface area is 93.5 Å². The first-order chi connectivity index (χ1) is 7.59. The second kappa shape index (κ2) is 5.75. The van der Waals surface area contributed by atoms with Crippen molar-refractivity contribution in [1.29, 1.82) is 0 Å². The summed E-state index contributed by atoms with van der Waals surface area (Å²) in [4.78, 5) is 21.8. The molecule has 0 aromatic heterocycles. The zero-order valence-corrected chi connectivity index (χ0v) is 8.93. The fraction of sp³-hybridized carbons (Fsp3) is 0.273. The van der Waals surface area contributed by atoms with E-state index in [1.807, 2.05) is 6.07 Å². The molecule has 1 aromatic carbocycles. The fourth-order valence-corrected chi connectivity index (χ4v) is 1.03. The number of rotatable bonds is 4. The van der Waals surface area contributed by atoms with E-state index in [-0.39, 0.29) is 6.54 Å². The Bertz CT molecular complexity index is 365. The van der Waals surface area contributed by atoms with Gasteiger partial charge in [0.25, 0.3) is 0 Å². The fourth-order valence-electron chi connectivity index (χ4n) is 1.03. The largest absolute Gasteiger partial charge is 0.481 e. The van der Waals surface area contributed by atoms with Gasteiger partial charge in [0.15, 0.2) is 0 Å². The summed E-state index contributed by atoms with van der Waals surface area (Å²) in [5.41, 5.74) is 0.669. The highest BCUT2D eigenvalue weighted by molar-refractivity contribution is 5.89. The Kier molecular flexibility index (Phi) is 4.32. The summed E-state index contributed by atoms with van der Waals surface area (Å²) in [6.07, 6.45) is 0. The standard InChI is InChI=1S/C11H14N2O3/c1-8(10(14)15)7-12-11(16)13-9-5-3-2-4-6-9/h2-6,8H,7H2,1H3,(H,14,15)(H2,12,13,16)/t8-/m1/s1. The highest BCUT2D eigenvalue weighted by Gasteiger charge is 2.11. The van der Waals surface area contributed by atoms with Gasteiger partial charge in [-0.05, 0) is 12.1 Å². The van der Waals surface area contributed by atoms with Crippen LogP contribution < -0.4 is 10.6 Å². The first-order valence-corrected chi connectivity index (χ1v) is 4.92. The predicted octanol–water partition coefficient (Wildman–Crippen LogP) is 1.53. The van der Waals surface area contributed by atoms with Crippen LogP contribution in [0.2, 0.25) is 0 Å². The minimum Gasteiger partial charge on any atom is -0.481 e. The third-order valence-corrected chi connectivity index (χ3v) is 2.02. The first-order valence-electron chi connectivity index (χ1n) is 4.92. The average Bonchev–Trinajstić information content (AvgIpc) is 2.27. The minimum atomic E-state index is -0.931. The van der Waals surface area contributed by atoms with Crippen molar-refractivity contribution in [2.45, 2.75) is 6.92 Å². The van der Waals surface area contributed by atoms with Crippen molar-refractivity contribution in [2.75, 3.05) is 11.9 Å². The lowest BCUT2D eigenvalue weighted by Crippen LogP contribution is -2.34. The molecule has 0 aliphatic carbocycles. The van der Waals surface area contributed by atoms with Crippen LogP contribution in [0, 0.1) is 5.92 Å². The number of hydrogen-bond acceptors (Lipinski definition) is 2. The van der Waals surface area contributed by atoms with E-state index < -0.39 is 17.9 Å². The van der Waals surface area contributed by atoms with E-state index in [9.17, 15) is 9.59 Å². The molecule has 3 N–H and O–H groups in total. The molecular formula is C11H14N2O3. The molecule has 0 unspecified atom stereocenters. The van der Waals surface area contributed by atoms with Crippen molar-refractivity contribution in [3.63, 3.8) is 0 Å². The maximum atomic E-state index is 11.3. The number of carboxylic acid groups (broad SMARTS) is 1. The van der Waals surface area contributed by atoms with Gasteiger partial charge in [-0.2, -0.15) is 0 Å². The number of aliphatic carboxylic acids is 1. The molecule has 5 nitrogen and oxygen atoms in total. The Morgan fingerprint density at radius 2 is 1.94 bits per heavy atom. The monoisotopic (exact) mass is 222 g/mol. The Hall–Kier alpha value is -2.04. The van der Waals surface area contributed by atoms with Gasteiger partial charge in [-0.15, -0.1) is 0 Å². The third-order valence-electron chi connectivity index (χ3n) is 2.02. The minimum absolute atomic E-state index is 0.105. The van der Waals surface area contributed by atoms with Gasteiger partial charge >= 0.3 is 12.0 Å². The summed E-state index contributed by atoms with van der Waals surface area (Å²) in [5.74, 6) is -1.53. The van der Waals surface area contributed by atoms with E-state index in [0.717, 1.165) is 0 Å². The van der Waals surface area contributed by atoms with Gasteiger partial charge in [0.2, 0.25) is 0 Å². The van der Waals surface area contributed by atoms with Gasteiger partial charge in [0.05, 0.1) is 5.92 Å². The predicted molar refractivity (Wildman–Crippen MR) is 60.3 cm³/mol. The Balaban J connectivity index is 2.35. The average molecular weight is 222 g/mol. The van der Waals surface area contributed by atoms with Crippen molar-refractivity contribution in [3.8, 4) is 0 Å². The summed E-state index contributed by atoms with van der Waals surface area (Å²) in [6.45, 7) is 1.64. The molecule has 16 heavy (non-hydrogen) atoms. The van der Waals surface area contributed by atoms with Crippen LogP contribution in [0.15, 0.2) is 30.3 Å². The molecule has 1 rings (SSSR count). The second-order valence-electron chi connectivity index (χ2n) is 3.44. The number of urea groups is 1. The number of hydrogen-bond donors (Lipinski definition) is 3. The number of benzene rings is 1. The van der Waals surface area contributed by atoms with Crippen LogP contribution in [-0.4, -0.2) is 23.7 Å². The quantitative estimate of drug-likeness (QED) is 0.722. The molecule has 0 aliphatic rings. The Morgan fingerprint density at radius 3 is 2.50 bits per heavy atom. The van der Waals surface area contributed by atoms with Gasteiger partial charge in [-0.1, -0.05) is 25.1 Å². The molecule has 0 spiro atoms. The third kappa shape index (κ3) is 4.00. The van der Waals surface area contributed by atoms with E-state index in [1.54, 1.807) is 24.3 Å². The van der Waals surface area contributed by atoms with Crippen molar-refractivity contribution in [1.82, 2.24) is 5.32 Å². The van der Waals surface area contributed by atoms with E-state index in [2.05, 4.69) is 10.6 Å². The number of amides is 2. The number of carbonyl (C=O) groups is 2. The molecule has 1 aromatic rings. The van der Waals surface area contributed by atoms with Crippen LogP contribution in [0.25, 0.3) is 0 Å². The summed E-state index contributed by atoms with van der Waals surface area (Å²) in [6, 6.07) is 8.54. The highest BCUT2D eigenvalue weighted by Crippen LogP contribution is 2.04. The van der Waals surface area contributed by atoms with E-state index in [4.69, 9.17) is 5.11 Å². The summed E-state index contributed by atoms with van der Waals surface area (Å²) in [7, 11) is 0. The van der Waals surface area contributed by atoms with Crippen molar-refractivity contribution in [2.24, 2.45) is 5.92 Å². The molecule has 0 heterocycles. The smallest absolute Gasteiger partial charge is 0.319 e. The molecule has 5 heteroatoms. The molecule has 1 atom stereocenters. The van der Waals surface area contributed by atoms with Gasteiger partial charge in [-0.3, -0.25) is 4.79 Å². The van der Waals surface area contributed by atoms with Crippen molar-refractivity contribution in [3.05, 3.63) is 30.3 Å². The number of carboxylic acids is 1. The lowest BCUT2D eigenvalue weighted by atomic mass is 10.2. The molecule has 86 valence electrons. The lowest BCUT2D eigenvalue weighted by molar-refractivity contribution is -0.140. The van der Waals surface area contributed by atoms with Crippen LogP contribution in [0.5, 0.6) is 0 Å². The van der Waals surface area contributed by atoms with E-state index in [1.165, 1.54) is 6.92 Å². The van der Waals surface area contributed by atoms with Crippen LogP contribution >= 0.6 is 0 Å². The lowest BCUT2D eigenvalue weighted by Gasteiger charge is -2.09. The van der Waals surface area contributed by atoms with Crippen LogP contribution in [-0.2, 0) is 4.79 Å². The summed E-state index contributed by atoms with van der Waals surface area (Å²) >= 11 is 0. The van der Waals surface area contributed by atoms with E-state index >= 15 is 0 Å². The summed E-state index contributed by atoms with van der Waals surface area (Å²) < 4.78 is 0. The molecule has 0 bridgehead atoms. The molecule has 0 fully saturated rings. The number of carbonyl (C=O) groups excluding carboxylic acids is 1. The highest BCUT2D eigenvalue weighted by atomic mass is 16.4. The summed E-state index contributed by atoms with van der Waals surface area (Å²) in [5, 5.41) is 13.7. The van der Waals surface area contributed by atoms with Crippen LogP contribution in [0.1, 0.15) is 6.92 Å². The van der Waals surface area contributed by atoms with Crippen LogP contribution in [0.3, 0.4) is 0 Å². The van der Waals surface area contributed by atoms with Gasteiger partial charge in [0.1, 0.15) is 0 Å². The molecule has 0 saturated heterocycles. The zero-order chi connectivity index (χ0) is 12.0. The molecule has 0 radical (unpaired) electrons. The van der Waals surface area contributed by atoms with Crippen LogP contribution in [0.4, 0.5) is 10.5 Å². The molecule has 2 amide bonds. The number of para-hydroxylation sites is 1. The number of nitrogens with one attached hydrogen (secondary N) is 2. The first kappa shape index (κ1) is 12.0. The number of anilines is 1. The topological polar surface area (TPSA) is 78.4 Å². The normalized spacial score (nSPS) is 11.6. The molecular weight excluding hydrogens is 208 g/mol. The van der Waals surface area contributed by atoms with Gasteiger partial charge in [0, 0.05) is 12.2 Å². The van der Waals surface area contributed by atoms with E-state index in [0.29, 0.717) is 5.69 Å². The van der Waals surface area contributed by atoms with Gasteiger partial charge in [-0.25, -0.2) is 4.79 Å². The SMILES string of the molecule is C[C@H](CNC(=O)Nc1ccccc1)C(=O)O. The molecule has 0 aliphatic heterocycles. The second-order valence-corrected chi connectivity index (χ2v) is 3.44. The van der Waals surface area contributed by atoms with Gasteiger partial charge < -0.3 is 15.7 Å². The maximum absolute atomic E-state index is 11.3. The van der Waals surface area contributed by atoms with Crippen molar-refractivity contribution >= 4 is 17.7 Å². The maximum Gasteiger partial charge on any atom is 0.319 e.